The van der Waals surface area contributed by atoms with Crippen molar-refractivity contribution in [3.63, 3.8) is 0 Å². The van der Waals surface area contributed by atoms with Crippen molar-refractivity contribution in [2.45, 2.75) is 91.3 Å². The molecule has 0 saturated heterocycles. The van der Waals surface area contributed by atoms with Gasteiger partial charge in [0.2, 0.25) is 0 Å². The summed E-state index contributed by atoms with van der Waals surface area (Å²) in [6, 6.07) is 32.7. The van der Waals surface area contributed by atoms with Crippen molar-refractivity contribution in [3.8, 4) is 22.3 Å². The van der Waals surface area contributed by atoms with Gasteiger partial charge in [0.1, 0.15) is 0 Å². The predicted octanol–water partition coefficient (Wildman–Crippen LogP) is 12.7. The molecule has 2 aliphatic carbocycles. The van der Waals surface area contributed by atoms with Crippen LogP contribution in [0.15, 0.2) is 97.1 Å². The van der Waals surface area contributed by atoms with Gasteiger partial charge in [-0.2, -0.15) is 0 Å². The van der Waals surface area contributed by atoms with Crippen molar-refractivity contribution in [1.82, 2.24) is 0 Å². The zero-order valence-corrected chi connectivity index (χ0v) is 35.2. The summed E-state index contributed by atoms with van der Waals surface area (Å²) in [5, 5.41) is 0. The number of fused-ring (bicyclic) bond motifs is 2. The second-order valence-corrected chi connectivity index (χ2v) is 102. The SMILES string of the molecule is CC[CH2][Hf]([CH3])([CH3])([CH3])(=[SiH2])([CH]1C=Cc2c(-c3cccc(C(C)(C)C)c3)cccc21)[CH]1C=Cc2c(-c3cccc(C(C)(C)C)c3)cccc21. The normalized spacial score (nSPS) is 20.0. The fourth-order valence-electron chi connectivity index (χ4n) is 9.72. The molecule has 0 radical (unpaired) electrons. The minimum absolute atomic E-state index is 0.118. The molecule has 2 heteroatoms. The minimum atomic E-state index is -4.92. The van der Waals surface area contributed by atoms with E-state index in [0.29, 0.717) is 7.35 Å². The Morgan fingerprint density at radius 3 is 1.35 bits per heavy atom. The zero-order valence-electron chi connectivity index (χ0n) is 30.2. The van der Waals surface area contributed by atoms with Crippen LogP contribution in [-0.2, 0) is 25.0 Å². The van der Waals surface area contributed by atoms with Crippen molar-refractivity contribution in [2.75, 3.05) is 0 Å². The van der Waals surface area contributed by atoms with Crippen LogP contribution in [0.25, 0.3) is 34.4 Å². The number of hydrogen-bond donors (Lipinski definition) is 0. The van der Waals surface area contributed by atoms with Crippen LogP contribution < -0.4 is 0 Å². The van der Waals surface area contributed by atoms with Crippen LogP contribution in [0.1, 0.15) is 95.6 Å². The Morgan fingerprint density at radius 2 is 0.978 bits per heavy atom. The fourth-order valence-corrected chi connectivity index (χ4v) is 51.4. The average molecular weight is 792 g/mol. The van der Waals surface area contributed by atoms with Gasteiger partial charge < -0.3 is 0 Å². The summed E-state index contributed by atoms with van der Waals surface area (Å²) in [7, 11) is 0. The summed E-state index contributed by atoms with van der Waals surface area (Å²) in [6.45, 7) is 18.8. The molecule has 0 nitrogen and oxygen atoms in total. The summed E-state index contributed by atoms with van der Waals surface area (Å²) in [6.07, 6.45) is 11.4. The standard InChI is InChI=1S/2C19H19.C3H7.3CH3.Hf.H2Si/c2*1-19(2,3)16-10-4-9-15(13-16)18-12-6-8-14-7-5-11-17(14)18;1-3-2;;;;;/h2*4-13H,1-3H3;1,3H2,2H3;3*1H3;;1H2. The third-order valence-corrected chi connectivity index (χ3v) is 59.1. The van der Waals surface area contributed by atoms with Crippen LogP contribution in [0.3, 0.4) is 0 Å². The van der Waals surface area contributed by atoms with Crippen LogP contribution >= 0.6 is 0 Å². The number of allylic oxidation sites excluding steroid dienone is 2. The molecule has 0 N–H and O–H groups in total. The summed E-state index contributed by atoms with van der Waals surface area (Å²) in [5.74, 6) is 0. The van der Waals surface area contributed by atoms with Gasteiger partial charge in [0.25, 0.3) is 0 Å². The van der Waals surface area contributed by atoms with Crippen molar-refractivity contribution in [1.29, 1.82) is 0 Å². The van der Waals surface area contributed by atoms with Crippen LogP contribution in [-0.4, -0.2) is 6.94 Å². The molecular weight excluding hydrogens is 735 g/mol. The average Bonchev–Trinajstić information content (AvgIpc) is 3.63. The van der Waals surface area contributed by atoms with Crippen molar-refractivity contribution in [2.24, 2.45) is 0 Å². The molecule has 6 rings (SSSR count). The maximum absolute atomic E-state index is 4.92. The van der Waals surface area contributed by atoms with Gasteiger partial charge in [0.05, 0.1) is 0 Å². The van der Waals surface area contributed by atoms with Crippen LogP contribution in [0.4, 0.5) is 0 Å². The molecule has 2 unspecified atom stereocenters. The Bertz CT molecular complexity index is 1930. The Kier molecular flexibility index (Phi) is 7.07. The first kappa shape index (κ1) is 33.4. The molecule has 0 bridgehead atoms. The van der Waals surface area contributed by atoms with Gasteiger partial charge in [-0.05, 0) is 0 Å². The summed E-state index contributed by atoms with van der Waals surface area (Å²) in [5.41, 5.74) is 14.3. The van der Waals surface area contributed by atoms with E-state index in [1.165, 1.54) is 66.2 Å². The Hall–Kier alpha value is -2.55. The first-order valence-corrected chi connectivity index (χ1v) is 43.4. The summed E-state index contributed by atoms with van der Waals surface area (Å²) in [4.78, 5) is 0. The molecule has 0 amide bonds. The first-order chi connectivity index (χ1) is 21.2. The van der Waals surface area contributed by atoms with Gasteiger partial charge >= 0.3 is 277 Å². The van der Waals surface area contributed by atoms with Gasteiger partial charge in [0.15, 0.2) is 0 Å². The Labute approximate surface area is 275 Å². The van der Waals surface area contributed by atoms with Crippen LogP contribution in [0.2, 0.25) is 18.2 Å². The van der Waals surface area contributed by atoms with E-state index in [0.717, 1.165) is 0 Å². The number of benzene rings is 4. The fraction of sp³-hybridized carbons (Fsp3) is 0.364. The molecule has 0 saturated carbocycles. The molecular formula is C44H56HfSi. The van der Waals surface area contributed by atoms with E-state index in [4.69, 9.17) is 0 Å². The van der Waals surface area contributed by atoms with E-state index in [-0.39, 0.29) is 10.8 Å². The summed E-state index contributed by atoms with van der Waals surface area (Å²) < 4.78 is 10.6. The van der Waals surface area contributed by atoms with E-state index < -0.39 is 14.2 Å². The van der Waals surface area contributed by atoms with E-state index in [1.54, 1.807) is 0 Å². The molecule has 0 aromatic heterocycles. The van der Waals surface area contributed by atoms with Gasteiger partial charge in [0, 0.05) is 0 Å². The molecule has 4 aromatic rings. The number of rotatable bonds is 6. The van der Waals surface area contributed by atoms with E-state index in [2.05, 4.69) is 179 Å². The predicted molar refractivity (Wildman–Crippen MR) is 206 cm³/mol. The maximum atomic E-state index is 2.82. The van der Waals surface area contributed by atoms with Gasteiger partial charge in [-0.15, -0.1) is 0 Å². The van der Waals surface area contributed by atoms with Crippen LogP contribution in [0, 0.1) is 0 Å². The third kappa shape index (κ3) is 5.18. The second-order valence-electron chi connectivity index (χ2n) is 20.3. The number of hydrogen-bond acceptors (Lipinski definition) is 0. The van der Waals surface area contributed by atoms with Gasteiger partial charge in [-0.3, -0.25) is 0 Å². The third-order valence-electron chi connectivity index (χ3n) is 12.5. The van der Waals surface area contributed by atoms with Crippen molar-refractivity contribution < 1.29 is 14.2 Å². The quantitative estimate of drug-likeness (QED) is 0.171. The van der Waals surface area contributed by atoms with E-state index in [1.807, 2.05) is 0 Å². The molecule has 0 aliphatic heterocycles. The Morgan fingerprint density at radius 1 is 0.587 bits per heavy atom. The van der Waals surface area contributed by atoms with Crippen LogP contribution in [0.5, 0.6) is 0 Å². The molecule has 4 aromatic carbocycles. The molecule has 0 fully saturated rings. The molecule has 46 heavy (non-hydrogen) atoms. The Balaban J connectivity index is 1.53. The monoisotopic (exact) mass is 792 g/mol. The zero-order chi connectivity index (χ0) is 33.4. The van der Waals surface area contributed by atoms with E-state index >= 15 is 0 Å². The molecule has 2 atom stereocenters. The molecule has 2 aliphatic rings. The molecule has 0 spiro atoms. The van der Waals surface area contributed by atoms with Gasteiger partial charge in [-0.25, -0.2) is 0 Å². The summed E-state index contributed by atoms with van der Waals surface area (Å²) >= 11 is -4.92. The second kappa shape index (κ2) is 9.76. The molecule has 240 valence electrons. The van der Waals surface area contributed by atoms with Crippen molar-refractivity contribution >= 4 is 19.1 Å². The van der Waals surface area contributed by atoms with Crippen molar-refractivity contribution in [3.05, 3.63) is 130 Å². The topological polar surface area (TPSA) is 0 Å². The first-order valence-electron chi connectivity index (χ1n) is 17.6. The molecule has 0 heterocycles. The van der Waals surface area contributed by atoms with E-state index in [9.17, 15) is 0 Å². The van der Waals surface area contributed by atoms with Gasteiger partial charge in [-0.1, -0.05) is 0 Å².